The van der Waals surface area contributed by atoms with E-state index in [1.807, 2.05) is 0 Å². The summed E-state index contributed by atoms with van der Waals surface area (Å²) < 4.78 is 15.1. The Morgan fingerprint density at radius 1 is 1.12 bits per heavy atom. The summed E-state index contributed by atoms with van der Waals surface area (Å²) in [6.07, 6.45) is 0. The van der Waals surface area contributed by atoms with Crippen molar-refractivity contribution < 1.29 is 33.7 Å². The van der Waals surface area contributed by atoms with E-state index in [0.717, 1.165) is 11.6 Å². The zero-order valence-electron chi connectivity index (χ0n) is 14.8. The van der Waals surface area contributed by atoms with Crippen molar-refractivity contribution in [2.24, 2.45) is 0 Å². The number of aliphatic hydroxyl groups is 1. The minimum absolute atomic E-state index is 0.0850. The van der Waals surface area contributed by atoms with Crippen LogP contribution in [0.2, 0.25) is 0 Å². The number of halogens is 1. The van der Waals surface area contributed by atoms with Crippen LogP contribution in [0.1, 0.15) is 25.3 Å². The van der Waals surface area contributed by atoms with Crippen LogP contribution in [-0.2, 0) is 28.6 Å². The predicted molar refractivity (Wildman–Crippen MR) is 96.3 cm³/mol. The highest BCUT2D eigenvalue weighted by Gasteiger charge is 2.56. The Bertz CT molecular complexity index is 663. The number of rotatable bonds is 8. The Balaban J connectivity index is 3.62. The van der Waals surface area contributed by atoms with Gasteiger partial charge < -0.3 is 19.3 Å². The molecule has 0 saturated heterocycles. The molecule has 0 unspecified atom stereocenters. The lowest BCUT2D eigenvalue weighted by atomic mass is 9.77. The first kappa shape index (κ1) is 21.9. The zero-order valence-corrected chi connectivity index (χ0v) is 16.4. The average Bonchev–Trinajstić information content (AvgIpc) is 2.62. The van der Waals surface area contributed by atoms with E-state index in [-0.39, 0.29) is 24.4 Å². The van der Waals surface area contributed by atoms with Gasteiger partial charge in [-0.3, -0.25) is 0 Å². The van der Waals surface area contributed by atoms with E-state index in [1.54, 1.807) is 12.1 Å². The van der Waals surface area contributed by atoms with Crippen LogP contribution in [-0.4, -0.2) is 48.9 Å². The molecule has 0 aliphatic heterocycles. The molecule has 0 saturated carbocycles. The molecule has 1 atom stereocenters. The average molecular weight is 429 g/mol. The van der Waals surface area contributed by atoms with Crippen molar-refractivity contribution in [2.75, 3.05) is 20.3 Å². The number of carbonyl (C=O) groups excluding carboxylic acids is 3. The van der Waals surface area contributed by atoms with E-state index in [2.05, 4.69) is 27.2 Å². The molecule has 0 amide bonds. The van der Waals surface area contributed by atoms with Gasteiger partial charge in [-0.05, 0) is 31.5 Å². The zero-order chi connectivity index (χ0) is 19.9. The molecular weight excluding hydrogens is 408 g/mol. The fourth-order valence-corrected chi connectivity index (χ4v) is 2.66. The summed E-state index contributed by atoms with van der Waals surface area (Å²) in [6.45, 7) is 6.49. The fourth-order valence-electron chi connectivity index (χ4n) is 2.40. The van der Waals surface area contributed by atoms with Crippen LogP contribution in [0.15, 0.2) is 40.9 Å². The van der Waals surface area contributed by atoms with Crippen LogP contribution in [0.3, 0.4) is 0 Å². The maximum absolute atomic E-state index is 12.5. The number of methoxy groups -OCH3 is 1. The van der Waals surface area contributed by atoms with Gasteiger partial charge in [0.1, 0.15) is 0 Å². The molecule has 7 nitrogen and oxygen atoms in total. The Kier molecular flexibility index (Phi) is 7.98. The normalized spacial score (nSPS) is 12.0. The lowest BCUT2D eigenvalue weighted by Crippen LogP contribution is -2.54. The molecule has 8 heteroatoms. The van der Waals surface area contributed by atoms with E-state index in [4.69, 9.17) is 9.47 Å². The second kappa shape index (κ2) is 9.49. The molecule has 1 aromatic carbocycles. The summed E-state index contributed by atoms with van der Waals surface area (Å²) in [4.78, 5) is 37.1. The van der Waals surface area contributed by atoms with E-state index < -0.39 is 29.4 Å². The molecule has 142 valence electrons. The van der Waals surface area contributed by atoms with Gasteiger partial charge >= 0.3 is 17.9 Å². The number of carbonyl (C=O) groups is 3. The third kappa shape index (κ3) is 4.50. The highest BCUT2D eigenvalue weighted by molar-refractivity contribution is 9.10. The standard InChI is InChI=1S/C18H21BrO7/c1-5-25-16(21)18(23,17(22)26-6-2)14(11(3)15(20)24-4)12-7-9-13(19)10-8-12/h7-10,14,23H,3,5-6H2,1-2,4H3/t14-/m0/s1. The predicted octanol–water partition coefficient (Wildman–Crippen LogP) is 2.12. The summed E-state index contributed by atoms with van der Waals surface area (Å²) in [6, 6.07) is 6.33. The lowest BCUT2D eigenvalue weighted by molar-refractivity contribution is -0.185. The summed E-state index contributed by atoms with van der Waals surface area (Å²) in [5, 5.41) is 11.1. The van der Waals surface area contributed by atoms with Crippen molar-refractivity contribution in [1.82, 2.24) is 0 Å². The minimum atomic E-state index is -2.80. The molecule has 0 heterocycles. The highest BCUT2D eigenvalue weighted by Crippen LogP contribution is 2.37. The van der Waals surface area contributed by atoms with Crippen LogP contribution in [0.4, 0.5) is 0 Å². The fraction of sp³-hybridized carbons (Fsp3) is 0.389. The molecule has 0 aliphatic rings. The molecule has 1 aromatic rings. The van der Waals surface area contributed by atoms with Crippen LogP contribution < -0.4 is 0 Å². The van der Waals surface area contributed by atoms with Crippen molar-refractivity contribution in [3.63, 3.8) is 0 Å². The summed E-state index contributed by atoms with van der Waals surface area (Å²) >= 11 is 3.27. The third-order valence-corrected chi connectivity index (χ3v) is 4.12. The first-order valence-corrected chi connectivity index (χ1v) is 8.62. The number of benzene rings is 1. The van der Waals surface area contributed by atoms with Gasteiger partial charge in [0.2, 0.25) is 0 Å². The number of hydrogen-bond acceptors (Lipinski definition) is 7. The maximum atomic E-state index is 12.5. The Hall–Kier alpha value is -2.19. The molecular formula is C18H21BrO7. The van der Waals surface area contributed by atoms with E-state index in [1.165, 1.54) is 26.0 Å². The van der Waals surface area contributed by atoms with E-state index in [9.17, 15) is 19.5 Å². The summed E-state index contributed by atoms with van der Waals surface area (Å²) in [5.74, 6) is -4.82. The molecule has 1 N–H and O–H groups in total. The van der Waals surface area contributed by atoms with Gasteiger partial charge in [0.25, 0.3) is 5.60 Å². The quantitative estimate of drug-likeness (QED) is 0.293. The number of esters is 3. The van der Waals surface area contributed by atoms with Crippen LogP contribution in [0.5, 0.6) is 0 Å². The molecule has 0 bridgehead atoms. The Morgan fingerprint density at radius 2 is 1.58 bits per heavy atom. The van der Waals surface area contributed by atoms with Gasteiger partial charge in [-0.2, -0.15) is 0 Å². The first-order valence-electron chi connectivity index (χ1n) is 7.83. The largest absolute Gasteiger partial charge is 0.466 e. The third-order valence-electron chi connectivity index (χ3n) is 3.59. The molecule has 26 heavy (non-hydrogen) atoms. The van der Waals surface area contributed by atoms with Gasteiger partial charge in [0.15, 0.2) is 0 Å². The molecule has 0 aliphatic carbocycles. The number of ether oxygens (including phenoxy) is 3. The monoisotopic (exact) mass is 428 g/mol. The number of hydrogen-bond donors (Lipinski definition) is 1. The highest BCUT2D eigenvalue weighted by atomic mass is 79.9. The van der Waals surface area contributed by atoms with E-state index >= 15 is 0 Å². The Labute approximate surface area is 160 Å². The molecule has 1 rings (SSSR count). The van der Waals surface area contributed by atoms with Gasteiger partial charge in [0.05, 0.1) is 26.2 Å². The molecule has 0 radical (unpaired) electrons. The van der Waals surface area contributed by atoms with Crippen LogP contribution in [0.25, 0.3) is 0 Å². The van der Waals surface area contributed by atoms with Crippen molar-refractivity contribution in [2.45, 2.75) is 25.4 Å². The molecule has 0 aromatic heterocycles. The molecule has 0 fully saturated rings. The van der Waals surface area contributed by atoms with Gasteiger partial charge in [-0.15, -0.1) is 0 Å². The van der Waals surface area contributed by atoms with Crippen molar-refractivity contribution in [3.8, 4) is 0 Å². The minimum Gasteiger partial charge on any atom is -0.466 e. The SMILES string of the molecule is C=C(C(=O)OC)[C@@H](c1ccc(Br)cc1)C(O)(C(=O)OCC)C(=O)OCC. The van der Waals surface area contributed by atoms with Crippen LogP contribution in [0, 0.1) is 0 Å². The van der Waals surface area contributed by atoms with E-state index in [0.29, 0.717) is 0 Å². The smallest absolute Gasteiger partial charge is 0.351 e. The molecule has 0 spiro atoms. The maximum Gasteiger partial charge on any atom is 0.351 e. The van der Waals surface area contributed by atoms with Gasteiger partial charge in [-0.25, -0.2) is 14.4 Å². The van der Waals surface area contributed by atoms with Crippen LogP contribution >= 0.6 is 15.9 Å². The summed E-state index contributed by atoms with van der Waals surface area (Å²) in [5.41, 5.74) is -2.81. The van der Waals surface area contributed by atoms with Crippen molar-refractivity contribution >= 4 is 33.8 Å². The Morgan fingerprint density at radius 3 is 1.96 bits per heavy atom. The lowest BCUT2D eigenvalue weighted by Gasteiger charge is -2.32. The van der Waals surface area contributed by atoms with Gasteiger partial charge in [0, 0.05) is 10.0 Å². The second-order valence-electron chi connectivity index (χ2n) is 5.21. The van der Waals surface area contributed by atoms with Gasteiger partial charge in [-0.1, -0.05) is 34.6 Å². The van der Waals surface area contributed by atoms with Crippen molar-refractivity contribution in [1.29, 1.82) is 0 Å². The van der Waals surface area contributed by atoms with Crippen molar-refractivity contribution in [3.05, 3.63) is 46.5 Å². The topological polar surface area (TPSA) is 99.1 Å². The first-order chi connectivity index (χ1) is 12.2. The second-order valence-corrected chi connectivity index (χ2v) is 6.12. The summed E-state index contributed by atoms with van der Waals surface area (Å²) in [7, 11) is 1.12.